The van der Waals surface area contributed by atoms with Gasteiger partial charge in [0.1, 0.15) is 6.61 Å². The fraction of sp³-hybridized carbons (Fsp3) is 0.421. The Morgan fingerprint density at radius 3 is 2.10 bits per heavy atom. The molecule has 0 saturated heterocycles. The lowest BCUT2D eigenvalue weighted by Gasteiger charge is -2.35. The number of carbonyl (C=O) groups excluding carboxylic acids is 4. The number of nitrogens with one attached hydrogen (secondary N) is 4. The van der Waals surface area contributed by atoms with E-state index in [1.54, 1.807) is 42.5 Å². The molecule has 282 valence electrons. The zero-order valence-corrected chi connectivity index (χ0v) is 30.8. The number of rotatable bonds is 21. The summed E-state index contributed by atoms with van der Waals surface area (Å²) < 4.78 is 33.2. The van der Waals surface area contributed by atoms with Crippen molar-refractivity contribution in [2.75, 3.05) is 13.1 Å². The number of sulfonamides is 1. The van der Waals surface area contributed by atoms with Gasteiger partial charge in [-0.2, -0.15) is 0 Å². The molecule has 0 aromatic heterocycles. The van der Waals surface area contributed by atoms with Crippen LogP contribution in [0.15, 0.2) is 89.8 Å². The first-order chi connectivity index (χ1) is 24.7. The minimum absolute atomic E-state index is 0.0240. The minimum Gasteiger partial charge on any atom is -0.445 e. The van der Waals surface area contributed by atoms with Crippen LogP contribution in [0.4, 0.5) is 4.79 Å². The average molecular weight is 738 g/mol. The van der Waals surface area contributed by atoms with Crippen LogP contribution in [0.25, 0.3) is 0 Å². The summed E-state index contributed by atoms with van der Waals surface area (Å²) in [4.78, 5) is 52.6. The molecule has 13 nitrogen and oxygen atoms in total. The largest absolute Gasteiger partial charge is 0.445 e. The van der Waals surface area contributed by atoms with E-state index in [9.17, 15) is 32.7 Å². The van der Waals surface area contributed by atoms with Crippen LogP contribution >= 0.6 is 0 Å². The van der Waals surface area contributed by atoms with Gasteiger partial charge in [0.25, 0.3) is 5.91 Å². The summed E-state index contributed by atoms with van der Waals surface area (Å²) in [7, 11) is -3.78. The maximum absolute atomic E-state index is 14.1. The summed E-state index contributed by atoms with van der Waals surface area (Å²) in [6.07, 6.45) is -0.240. The van der Waals surface area contributed by atoms with Gasteiger partial charge in [0.2, 0.25) is 15.9 Å². The number of ether oxygens (including phenoxy) is 1. The lowest BCUT2D eigenvalue weighted by molar-refractivity contribution is -0.143. The smallest absolute Gasteiger partial charge is 0.407 e. The van der Waals surface area contributed by atoms with Crippen molar-refractivity contribution >= 4 is 33.7 Å². The second-order valence-corrected chi connectivity index (χ2v) is 14.6. The van der Waals surface area contributed by atoms with Crippen LogP contribution in [0.5, 0.6) is 0 Å². The van der Waals surface area contributed by atoms with Gasteiger partial charge in [0.05, 0.1) is 23.1 Å². The Labute approximate surface area is 306 Å². The molecule has 0 saturated carbocycles. The molecule has 1 unspecified atom stereocenters. The van der Waals surface area contributed by atoms with Crippen LogP contribution in [0.2, 0.25) is 0 Å². The molecule has 0 aliphatic heterocycles. The summed E-state index contributed by atoms with van der Waals surface area (Å²) in [5.74, 6) is -2.20. The molecule has 0 heterocycles. The first-order valence-corrected chi connectivity index (χ1v) is 18.9. The molecule has 3 aromatic rings. The number of hydrogen-bond acceptors (Lipinski definition) is 9. The van der Waals surface area contributed by atoms with Gasteiger partial charge in [-0.15, -0.1) is 0 Å². The van der Waals surface area contributed by atoms with Crippen LogP contribution in [-0.4, -0.2) is 67.9 Å². The molecular formula is C38H51N5O8S. The summed E-state index contributed by atoms with van der Waals surface area (Å²) in [5.41, 5.74) is 6.07. The molecule has 3 aromatic carbocycles. The van der Waals surface area contributed by atoms with E-state index in [-0.39, 0.29) is 50.3 Å². The highest BCUT2D eigenvalue weighted by molar-refractivity contribution is 7.89. The van der Waals surface area contributed by atoms with Gasteiger partial charge in [-0.3, -0.25) is 14.4 Å². The Bertz CT molecular complexity index is 1710. The van der Waals surface area contributed by atoms with Gasteiger partial charge in [-0.25, -0.2) is 17.9 Å². The van der Waals surface area contributed by atoms with Crippen molar-refractivity contribution in [3.8, 4) is 0 Å². The summed E-state index contributed by atoms with van der Waals surface area (Å²) in [6.45, 7) is 4.90. The van der Waals surface area contributed by atoms with Crippen LogP contribution in [0, 0.1) is 6.92 Å². The van der Waals surface area contributed by atoms with E-state index in [4.69, 9.17) is 10.5 Å². The van der Waals surface area contributed by atoms with Crippen molar-refractivity contribution in [1.82, 2.24) is 20.7 Å². The average Bonchev–Trinajstić information content (AvgIpc) is 3.13. The topological polar surface area (TPSA) is 206 Å². The van der Waals surface area contributed by atoms with Crippen molar-refractivity contribution in [2.45, 2.75) is 94.5 Å². The molecular weight excluding hydrogens is 687 g/mol. The maximum atomic E-state index is 14.1. The molecule has 4 atom stereocenters. The number of alkyl carbamates (subject to hydrolysis) is 1. The zero-order valence-electron chi connectivity index (χ0n) is 30.0. The van der Waals surface area contributed by atoms with E-state index in [0.29, 0.717) is 18.4 Å². The molecule has 0 aliphatic carbocycles. The predicted molar refractivity (Wildman–Crippen MR) is 197 cm³/mol. The van der Waals surface area contributed by atoms with E-state index in [0.717, 1.165) is 11.1 Å². The van der Waals surface area contributed by atoms with Crippen LogP contribution in [0.3, 0.4) is 0 Å². The van der Waals surface area contributed by atoms with Gasteiger partial charge < -0.3 is 31.5 Å². The first kappa shape index (κ1) is 41.8. The second-order valence-electron chi connectivity index (χ2n) is 12.8. The number of aliphatic hydroxyl groups excluding tert-OH is 1. The highest BCUT2D eigenvalue weighted by Crippen LogP contribution is 2.24. The number of nitrogens with two attached hydrogens (primary N) is 1. The number of ketones is 1. The van der Waals surface area contributed by atoms with Crippen LogP contribution < -0.4 is 26.4 Å². The van der Waals surface area contributed by atoms with E-state index in [1.165, 1.54) is 26.0 Å². The molecule has 0 bridgehead atoms. The third-order valence-electron chi connectivity index (χ3n) is 8.60. The third kappa shape index (κ3) is 12.9. The standard InChI is InChI=1S/C38H51N5O8S/c1-27-19-21-32(22-20-27)52(49,50)41-25-13-11-23-38(29(3)44,43-35(46)28(2)39)36(47)42-33(34(45)31-16-8-5-9-17-31)18-10-12-24-40-37(48)51-26-30-14-6-4-7-15-30/h4-9,14-17,19-22,28,33-34,41,45H,10-13,18,23-26,39H2,1-3H3,(H,40,48)(H,42,47)(H,43,46)/t28-,33-,34?,38-/m0/s1. The van der Waals surface area contributed by atoms with Gasteiger partial charge in [-0.05, 0) is 82.6 Å². The van der Waals surface area contributed by atoms with Crippen molar-refractivity contribution in [3.63, 3.8) is 0 Å². The fourth-order valence-electron chi connectivity index (χ4n) is 5.44. The number of carbonyl (C=O) groups is 4. The van der Waals surface area contributed by atoms with E-state index in [1.807, 2.05) is 37.3 Å². The number of unbranched alkanes of at least 4 members (excludes halogenated alkanes) is 2. The van der Waals surface area contributed by atoms with Crippen molar-refractivity contribution in [1.29, 1.82) is 0 Å². The van der Waals surface area contributed by atoms with Gasteiger partial charge in [-0.1, -0.05) is 78.4 Å². The van der Waals surface area contributed by atoms with Crippen LogP contribution in [-0.2, 0) is 35.8 Å². The molecule has 0 radical (unpaired) electrons. The monoisotopic (exact) mass is 737 g/mol. The Morgan fingerprint density at radius 1 is 0.865 bits per heavy atom. The lowest BCUT2D eigenvalue weighted by atomic mass is 9.85. The Kier molecular flexibility index (Phi) is 16.4. The lowest BCUT2D eigenvalue weighted by Crippen LogP contribution is -2.66. The molecule has 0 aliphatic rings. The van der Waals surface area contributed by atoms with Gasteiger partial charge >= 0.3 is 6.09 Å². The molecule has 14 heteroatoms. The Hall–Kier alpha value is -4.63. The van der Waals surface area contributed by atoms with Crippen molar-refractivity contribution in [3.05, 3.63) is 102 Å². The second kappa shape index (κ2) is 20.4. The highest BCUT2D eigenvalue weighted by atomic mass is 32.2. The predicted octanol–water partition coefficient (Wildman–Crippen LogP) is 3.55. The van der Waals surface area contributed by atoms with Gasteiger partial charge in [0.15, 0.2) is 11.3 Å². The first-order valence-electron chi connectivity index (χ1n) is 17.4. The van der Waals surface area contributed by atoms with E-state index in [2.05, 4.69) is 20.7 Å². The number of aliphatic hydroxyl groups is 1. The van der Waals surface area contributed by atoms with E-state index >= 15 is 0 Å². The highest BCUT2D eigenvalue weighted by Gasteiger charge is 2.45. The molecule has 7 N–H and O–H groups in total. The Balaban J connectivity index is 1.68. The zero-order chi connectivity index (χ0) is 38.1. The molecule has 0 spiro atoms. The van der Waals surface area contributed by atoms with Crippen LogP contribution in [0.1, 0.15) is 75.2 Å². The quantitative estimate of drug-likeness (QED) is 0.0698. The third-order valence-corrected chi connectivity index (χ3v) is 10.1. The van der Waals surface area contributed by atoms with Gasteiger partial charge in [0, 0.05) is 13.1 Å². The molecule has 3 rings (SSSR count). The molecule has 0 fully saturated rings. The molecule has 3 amide bonds. The van der Waals surface area contributed by atoms with Crippen molar-refractivity contribution < 1.29 is 37.4 Å². The number of hydrogen-bond donors (Lipinski definition) is 6. The molecule has 52 heavy (non-hydrogen) atoms. The summed E-state index contributed by atoms with van der Waals surface area (Å²) in [6, 6.07) is 22.4. The Morgan fingerprint density at radius 2 is 1.48 bits per heavy atom. The fourth-order valence-corrected chi connectivity index (χ4v) is 6.51. The number of Topliss-reactive ketones (excluding diaryl/α,β-unsaturated/α-hetero) is 1. The normalized spacial score (nSPS) is 14.2. The minimum atomic E-state index is -3.78. The maximum Gasteiger partial charge on any atom is 0.407 e. The summed E-state index contributed by atoms with van der Waals surface area (Å²) >= 11 is 0. The SMILES string of the molecule is CC(=O)[C@](CCCCNS(=O)(=O)c1ccc(C)cc1)(NC(=O)[C@H](C)N)C(=O)N[C@@H](CCCCNC(=O)OCc1ccccc1)C(O)c1ccccc1. The summed E-state index contributed by atoms with van der Waals surface area (Å²) in [5, 5.41) is 19.5. The number of amides is 3. The number of benzene rings is 3. The van der Waals surface area contributed by atoms with E-state index < -0.39 is 57.4 Å². The van der Waals surface area contributed by atoms with Crippen molar-refractivity contribution in [2.24, 2.45) is 5.73 Å². The number of aryl methyl sites for hydroxylation is 1.